The fraction of sp³-hybridized carbons (Fsp3) is 0.429. The summed E-state index contributed by atoms with van der Waals surface area (Å²) in [6.07, 6.45) is 3.38. The minimum absolute atomic E-state index is 0.156. The number of amides is 1. The van der Waals surface area contributed by atoms with E-state index >= 15 is 0 Å². The van der Waals surface area contributed by atoms with Crippen molar-refractivity contribution in [3.8, 4) is 0 Å². The third-order valence-electron chi connectivity index (χ3n) is 1.44. The van der Waals surface area contributed by atoms with E-state index in [0.717, 1.165) is 5.56 Å². The van der Waals surface area contributed by atoms with Gasteiger partial charge in [-0.25, -0.2) is 0 Å². The van der Waals surface area contributed by atoms with E-state index in [0.29, 0.717) is 6.54 Å². The summed E-state index contributed by atoms with van der Waals surface area (Å²) < 4.78 is 0. The molecule has 0 saturated heterocycles. The Hall–Kier alpha value is -1.36. The van der Waals surface area contributed by atoms with E-state index < -0.39 is 6.04 Å². The van der Waals surface area contributed by atoms with Gasteiger partial charge in [0.25, 0.3) is 0 Å². The van der Waals surface area contributed by atoms with Gasteiger partial charge in [0.1, 0.15) is 0 Å². The number of H-pyrrole nitrogens is 1. The Morgan fingerprint density at radius 3 is 3.17 bits per heavy atom. The summed E-state index contributed by atoms with van der Waals surface area (Å²) in [5, 5.41) is 9.05. The van der Waals surface area contributed by atoms with Crippen LogP contribution in [0.5, 0.6) is 0 Å². The first-order valence-corrected chi connectivity index (χ1v) is 3.71. The molecule has 66 valence electrons. The van der Waals surface area contributed by atoms with Crippen molar-refractivity contribution in [1.82, 2.24) is 15.5 Å². The zero-order chi connectivity index (χ0) is 8.97. The Bertz CT molecular complexity index is 242. The molecule has 1 rings (SSSR count). The molecule has 0 aromatic carbocycles. The molecular weight excluding hydrogens is 156 g/mol. The molecule has 1 heterocycles. The maximum absolute atomic E-state index is 11.0. The van der Waals surface area contributed by atoms with Crippen LogP contribution in [0.2, 0.25) is 0 Å². The van der Waals surface area contributed by atoms with Gasteiger partial charge in [-0.3, -0.25) is 9.89 Å². The van der Waals surface area contributed by atoms with Gasteiger partial charge in [0, 0.05) is 18.3 Å². The SMILES string of the molecule is C[C@H](N)C(=O)NCc1cn[nH]c1. The van der Waals surface area contributed by atoms with Crippen molar-refractivity contribution in [1.29, 1.82) is 0 Å². The molecule has 1 aromatic rings. The summed E-state index contributed by atoms with van der Waals surface area (Å²) >= 11 is 0. The molecule has 1 aromatic heterocycles. The van der Waals surface area contributed by atoms with Gasteiger partial charge < -0.3 is 11.1 Å². The Kier molecular flexibility index (Phi) is 2.82. The molecule has 0 aliphatic carbocycles. The maximum Gasteiger partial charge on any atom is 0.236 e. The van der Waals surface area contributed by atoms with E-state index in [2.05, 4.69) is 15.5 Å². The Morgan fingerprint density at radius 1 is 1.92 bits per heavy atom. The molecule has 4 N–H and O–H groups in total. The molecule has 0 bridgehead atoms. The van der Waals surface area contributed by atoms with Crippen LogP contribution in [-0.2, 0) is 11.3 Å². The lowest BCUT2D eigenvalue weighted by atomic mass is 10.3. The summed E-state index contributed by atoms with van der Waals surface area (Å²) in [6, 6.07) is -0.461. The van der Waals surface area contributed by atoms with Crippen molar-refractivity contribution in [3.63, 3.8) is 0 Å². The first-order valence-electron chi connectivity index (χ1n) is 3.71. The van der Waals surface area contributed by atoms with Gasteiger partial charge in [0.15, 0.2) is 0 Å². The van der Waals surface area contributed by atoms with Crippen molar-refractivity contribution in [3.05, 3.63) is 18.0 Å². The third-order valence-corrected chi connectivity index (χ3v) is 1.44. The largest absolute Gasteiger partial charge is 0.351 e. The fourth-order valence-corrected chi connectivity index (χ4v) is 0.724. The Balaban J connectivity index is 2.32. The topological polar surface area (TPSA) is 83.8 Å². The molecule has 0 radical (unpaired) electrons. The number of aromatic amines is 1. The summed E-state index contributed by atoms with van der Waals surface area (Å²) in [5.74, 6) is -0.156. The van der Waals surface area contributed by atoms with E-state index in [9.17, 15) is 4.79 Å². The number of hydrogen-bond acceptors (Lipinski definition) is 3. The van der Waals surface area contributed by atoms with Crippen molar-refractivity contribution in [2.24, 2.45) is 5.73 Å². The van der Waals surface area contributed by atoms with Gasteiger partial charge in [0.05, 0.1) is 12.2 Å². The quantitative estimate of drug-likeness (QED) is 0.562. The van der Waals surface area contributed by atoms with Crippen LogP contribution in [0, 0.1) is 0 Å². The lowest BCUT2D eigenvalue weighted by Crippen LogP contribution is -2.37. The van der Waals surface area contributed by atoms with Crippen LogP contribution in [0.25, 0.3) is 0 Å². The van der Waals surface area contributed by atoms with Crippen LogP contribution in [0.4, 0.5) is 0 Å². The number of nitrogens with one attached hydrogen (secondary N) is 2. The van der Waals surface area contributed by atoms with Gasteiger partial charge >= 0.3 is 0 Å². The summed E-state index contributed by atoms with van der Waals surface area (Å²) in [7, 11) is 0. The first-order chi connectivity index (χ1) is 5.70. The molecule has 0 spiro atoms. The Morgan fingerprint density at radius 2 is 2.67 bits per heavy atom. The highest BCUT2D eigenvalue weighted by atomic mass is 16.2. The average Bonchev–Trinajstić information content (AvgIpc) is 2.51. The Labute approximate surface area is 70.3 Å². The predicted octanol–water partition coefficient (Wildman–Crippen LogP) is -0.627. The number of rotatable bonds is 3. The van der Waals surface area contributed by atoms with Crippen LogP contribution in [0.15, 0.2) is 12.4 Å². The predicted molar refractivity (Wildman–Crippen MR) is 44.1 cm³/mol. The molecule has 0 aliphatic rings. The number of aromatic nitrogens is 2. The van der Waals surface area contributed by atoms with Crippen molar-refractivity contribution in [2.75, 3.05) is 0 Å². The number of carbonyl (C=O) groups excluding carboxylic acids is 1. The molecule has 0 saturated carbocycles. The lowest BCUT2D eigenvalue weighted by Gasteiger charge is -2.05. The zero-order valence-electron chi connectivity index (χ0n) is 6.87. The van der Waals surface area contributed by atoms with Gasteiger partial charge in [0.2, 0.25) is 5.91 Å². The van der Waals surface area contributed by atoms with Crippen LogP contribution >= 0.6 is 0 Å². The highest BCUT2D eigenvalue weighted by Gasteiger charge is 2.05. The molecule has 1 amide bonds. The van der Waals surface area contributed by atoms with Crippen LogP contribution in [0.1, 0.15) is 12.5 Å². The fourth-order valence-electron chi connectivity index (χ4n) is 0.724. The average molecular weight is 168 g/mol. The molecule has 1 atom stereocenters. The molecule has 5 heteroatoms. The summed E-state index contributed by atoms with van der Waals surface area (Å²) in [5.41, 5.74) is 6.27. The van der Waals surface area contributed by atoms with E-state index in [1.807, 2.05) is 0 Å². The third kappa shape index (κ3) is 2.35. The van der Waals surface area contributed by atoms with Crippen LogP contribution in [-0.4, -0.2) is 22.1 Å². The van der Waals surface area contributed by atoms with Crippen molar-refractivity contribution < 1.29 is 4.79 Å². The second-order valence-corrected chi connectivity index (χ2v) is 2.61. The van der Waals surface area contributed by atoms with Gasteiger partial charge in [-0.15, -0.1) is 0 Å². The van der Waals surface area contributed by atoms with Crippen LogP contribution < -0.4 is 11.1 Å². The lowest BCUT2D eigenvalue weighted by molar-refractivity contribution is -0.122. The molecule has 0 fully saturated rings. The first kappa shape index (κ1) is 8.73. The number of carbonyl (C=O) groups is 1. The number of hydrogen-bond donors (Lipinski definition) is 3. The minimum Gasteiger partial charge on any atom is -0.351 e. The van der Waals surface area contributed by atoms with E-state index in [4.69, 9.17) is 5.73 Å². The van der Waals surface area contributed by atoms with Crippen LogP contribution in [0.3, 0.4) is 0 Å². The monoisotopic (exact) mass is 168 g/mol. The van der Waals surface area contributed by atoms with E-state index in [1.54, 1.807) is 19.3 Å². The molecular formula is C7H12N4O. The minimum atomic E-state index is -0.461. The van der Waals surface area contributed by atoms with Gasteiger partial charge in [-0.1, -0.05) is 0 Å². The standard InChI is InChI=1S/C7H12N4O/c1-5(8)7(12)9-2-6-3-10-11-4-6/h3-5H,2,8H2,1H3,(H,9,12)(H,10,11)/t5-/m0/s1. The summed E-state index contributed by atoms with van der Waals surface area (Å²) in [6.45, 7) is 2.11. The smallest absolute Gasteiger partial charge is 0.236 e. The van der Waals surface area contributed by atoms with Crippen molar-refractivity contribution >= 4 is 5.91 Å². The van der Waals surface area contributed by atoms with Gasteiger partial charge in [-0.2, -0.15) is 5.10 Å². The van der Waals surface area contributed by atoms with E-state index in [1.165, 1.54) is 0 Å². The zero-order valence-corrected chi connectivity index (χ0v) is 6.87. The second kappa shape index (κ2) is 3.87. The summed E-state index contributed by atoms with van der Waals surface area (Å²) in [4.78, 5) is 11.0. The normalized spacial score (nSPS) is 12.5. The second-order valence-electron chi connectivity index (χ2n) is 2.61. The number of nitrogens with two attached hydrogens (primary N) is 1. The molecule has 0 unspecified atom stereocenters. The highest BCUT2D eigenvalue weighted by molar-refractivity contribution is 5.80. The number of nitrogens with zero attached hydrogens (tertiary/aromatic N) is 1. The molecule has 0 aliphatic heterocycles. The molecule has 12 heavy (non-hydrogen) atoms. The van der Waals surface area contributed by atoms with Crippen molar-refractivity contribution in [2.45, 2.75) is 19.5 Å². The van der Waals surface area contributed by atoms with Gasteiger partial charge in [-0.05, 0) is 6.92 Å². The molecule has 5 nitrogen and oxygen atoms in total. The maximum atomic E-state index is 11.0. The van der Waals surface area contributed by atoms with E-state index in [-0.39, 0.29) is 5.91 Å². The highest BCUT2D eigenvalue weighted by Crippen LogP contribution is 1.91.